The Morgan fingerprint density at radius 2 is 2.55 bits per heavy atom. The van der Waals surface area contributed by atoms with Crippen molar-refractivity contribution in [2.24, 2.45) is 5.73 Å². The Morgan fingerprint density at radius 1 is 1.73 bits per heavy atom. The number of rotatable bonds is 1. The van der Waals surface area contributed by atoms with E-state index in [9.17, 15) is 0 Å². The summed E-state index contributed by atoms with van der Waals surface area (Å²) in [6.07, 6.45) is 4.09. The van der Waals surface area contributed by atoms with Gasteiger partial charge in [0.2, 0.25) is 0 Å². The standard InChI is InChI=1S/C9H11NO/c1-2-9(10)4-3-8-5-6-11-7-8/h5-7,9H,2,10H2,1H3. The van der Waals surface area contributed by atoms with Crippen LogP contribution in [0.25, 0.3) is 0 Å². The van der Waals surface area contributed by atoms with E-state index in [2.05, 4.69) is 11.8 Å². The third kappa shape index (κ3) is 2.48. The van der Waals surface area contributed by atoms with E-state index in [1.807, 2.05) is 13.0 Å². The van der Waals surface area contributed by atoms with Gasteiger partial charge < -0.3 is 10.2 Å². The molecule has 1 rings (SSSR count). The first-order valence-electron chi connectivity index (χ1n) is 3.62. The third-order valence-electron chi connectivity index (χ3n) is 1.36. The molecule has 0 bridgehead atoms. The molecule has 0 fully saturated rings. The van der Waals surface area contributed by atoms with Crippen LogP contribution in [0.5, 0.6) is 0 Å². The molecule has 1 aromatic heterocycles. The fourth-order valence-electron chi connectivity index (χ4n) is 0.614. The lowest BCUT2D eigenvalue weighted by Gasteiger charge is -1.93. The van der Waals surface area contributed by atoms with Gasteiger partial charge in [-0.1, -0.05) is 18.8 Å². The van der Waals surface area contributed by atoms with Crippen molar-refractivity contribution in [3.05, 3.63) is 24.2 Å². The number of hydrogen-bond acceptors (Lipinski definition) is 2. The van der Waals surface area contributed by atoms with Gasteiger partial charge in [-0.25, -0.2) is 0 Å². The molecule has 0 aliphatic rings. The fraction of sp³-hybridized carbons (Fsp3) is 0.333. The van der Waals surface area contributed by atoms with Crippen molar-refractivity contribution in [3.8, 4) is 11.8 Å². The van der Waals surface area contributed by atoms with Gasteiger partial charge in [0, 0.05) is 0 Å². The summed E-state index contributed by atoms with van der Waals surface area (Å²) >= 11 is 0. The smallest absolute Gasteiger partial charge is 0.106 e. The van der Waals surface area contributed by atoms with Crippen LogP contribution in [0.3, 0.4) is 0 Å². The Hall–Kier alpha value is -1.20. The van der Waals surface area contributed by atoms with Crippen LogP contribution in [0.15, 0.2) is 23.0 Å². The molecule has 0 amide bonds. The van der Waals surface area contributed by atoms with Crippen molar-refractivity contribution in [2.75, 3.05) is 0 Å². The highest BCUT2D eigenvalue weighted by molar-refractivity contribution is 5.31. The number of nitrogens with two attached hydrogens (primary N) is 1. The van der Waals surface area contributed by atoms with Crippen LogP contribution in [0, 0.1) is 11.8 Å². The van der Waals surface area contributed by atoms with Crippen molar-refractivity contribution in [1.82, 2.24) is 0 Å². The van der Waals surface area contributed by atoms with Crippen LogP contribution in [0.1, 0.15) is 18.9 Å². The molecule has 2 N–H and O–H groups in total. The fourth-order valence-corrected chi connectivity index (χ4v) is 0.614. The first-order valence-corrected chi connectivity index (χ1v) is 3.62. The van der Waals surface area contributed by atoms with Gasteiger partial charge in [-0.15, -0.1) is 0 Å². The normalized spacial score (nSPS) is 11.8. The van der Waals surface area contributed by atoms with Crippen molar-refractivity contribution in [2.45, 2.75) is 19.4 Å². The lowest BCUT2D eigenvalue weighted by Crippen LogP contribution is -2.15. The molecule has 58 valence electrons. The topological polar surface area (TPSA) is 39.2 Å². The minimum Gasteiger partial charge on any atom is -0.471 e. The lowest BCUT2D eigenvalue weighted by molar-refractivity contribution is 0.566. The molecule has 11 heavy (non-hydrogen) atoms. The Kier molecular flexibility index (Phi) is 2.76. The van der Waals surface area contributed by atoms with Crippen molar-refractivity contribution >= 4 is 0 Å². The molecule has 2 heteroatoms. The second kappa shape index (κ2) is 3.85. The molecule has 0 saturated heterocycles. The summed E-state index contributed by atoms with van der Waals surface area (Å²) in [5.41, 5.74) is 6.47. The van der Waals surface area contributed by atoms with Gasteiger partial charge in [0.15, 0.2) is 0 Å². The van der Waals surface area contributed by atoms with Crippen molar-refractivity contribution in [3.63, 3.8) is 0 Å². The Morgan fingerprint density at radius 3 is 3.09 bits per heavy atom. The van der Waals surface area contributed by atoms with E-state index >= 15 is 0 Å². The molecule has 0 aliphatic heterocycles. The predicted octanol–water partition coefficient (Wildman–Crippen LogP) is 1.37. The largest absolute Gasteiger partial charge is 0.471 e. The van der Waals surface area contributed by atoms with Gasteiger partial charge >= 0.3 is 0 Å². The summed E-state index contributed by atoms with van der Waals surface area (Å²) in [5, 5.41) is 0. The summed E-state index contributed by atoms with van der Waals surface area (Å²) in [7, 11) is 0. The first-order chi connectivity index (χ1) is 5.33. The van der Waals surface area contributed by atoms with Crippen molar-refractivity contribution in [1.29, 1.82) is 0 Å². The summed E-state index contributed by atoms with van der Waals surface area (Å²) in [5.74, 6) is 5.81. The number of hydrogen-bond donors (Lipinski definition) is 1. The predicted molar refractivity (Wildman–Crippen MR) is 43.9 cm³/mol. The molecule has 1 heterocycles. The molecular weight excluding hydrogens is 138 g/mol. The van der Waals surface area contributed by atoms with Crippen molar-refractivity contribution < 1.29 is 4.42 Å². The molecule has 0 saturated carbocycles. The second-order valence-corrected chi connectivity index (χ2v) is 2.30. The van der Waals surface area contributed by atoms with E-state index in [1.165, 1.54) is 0 Å². The zero-order valence-corrected chi connectivity index (χ0v) is 6.50. The van der Waals surface area contributed by atoms with Crippen LogP contribution in [-0.4, -0.2) is 6.04 Å². The Balaban J connectivity index is 2.58. The maximum atomic E-state index is 5.59. The first kappa shape index (κ1) is 7.90. The summed E-state index contributed by atoms with van der Waals surface area (Å²) in [6, 6.07) is 1.79. The molecule has 2 nitrogen and oxygen atoms in total. The quantitative estimate of drug-likeness (QED) is 0.612. The average molecular weight is 149 g/mol. The van der Waals surface area contributed by atoms with Gasteiger partial charge in [0.1, 0.15) is 6.26 Å². The third-order valence-corrected chi connectivity index (χ3v) is 1.36. The highest BCUT2D eigenvalue weighted by atomic mass is 16.3. The van der Waals surface area contributed by atoms with Gasteiger partial charge in [0.05, 0.1) is 17.9 Å². The maximum Gasteiger partial charge on any atom is 0.106 e. The van der Waals surface area contributed by atoms with Gasteiger partial charge in [0.25, 0.3) is 0 Å². The SMILES string of the molecule is CCC(N)C#Cc1ccoc1. The number of furan rings is 1. The van der Waals surface area contributed by atoms with Crippen LogP contribution in [0.4, 0.5) is 0 Å². The van der Waals surface area contributed by atoms with Crippen LogP contribution < -0.4 is 5.73 Å². The Bertz CT molecular complexity index is 253. The van der Waals surface area contributed by atoms with Gasteiger partial charge in [-0.3, -0.25) is 0 Å². The van der Waals surface area contributed by atoms with Crippen LogP contribution in [-0.2, 0) is 0 Å². The molecular formula is C9H11NO. The van der Waals surface area contributed by atoms with E-state index in [1.54, 1.807) is 12.5 Å². The molecule has 0 aromatic carbocycles. The van der Waals surface area contributed by atoms with Crippen LogP contribution in [0.2, 0.25) is 0 Å². The summed E-state index contributed by atoms with van der Waals surface area (Å²) < 4.78 is 4.84. The monoisotopic (exact) mass is 149 g/mol. The van der Waals surface area contributed by atoms with E-state index in [-0.39, 0.29) is 6.04 Å². The van der Waals surface area contributed by atoms with E-state index < -0.39 is 0 Å². The van der Waals surface area contributed by atoms with Gasteiger partial charge in [-0.2, -0.15) is 0 Å². The lowest BCUT2D eigenvalue weighted by atomic mass is 10.2. The van der Waals surface area contributed by atoms with E-state index in [0.717, 1.165) is 12.0 Å². The summed E-state index contributed by atoms with van der Waals surface area (Å²) in [6.45, 7) is 2.01. The molecule has 0 aliphatic carbocycles. The minimum atomic E-state index is -0.0232. The summed E-state index contributed by atoms with van der Waals surface area (Å²) in [4.78, 5) is 0. The molecule has 1 aromatic rings. The molecule has 1 unspecified atom stereocenters. The van der Waals surface area contributed by atoms with Crippen LogP contribution >= 0.6 is 0 Å². The van der Waals surface area contributed by atoms with Gasteiger partial charge in [-0.05, 0) is 12.5 Å². The average Bonchev–Trinajstić information content (AvgIpc) is 2.52. The zero-order chi connectivity index (χ0) is 8.10. The van der Waals surface area contributed by atoms with E-state index in [0.29, 0.717) is 0 Å². The molecule has 0 radical (unpaired) electrons. The Labute approximate surface area is 66.4 Å². The molecule has 1 atom stereocenters. The highest BCUT2D eigenvalue weighted by Crippen LogP contribution is 1.96. The molecule has 0 spiro atoms. The maximum absolute atomic E-state index is 5.59. The minimum absolute atomic E-state index is 0.0232. The second-order valence-electron chi connectivity index (χ2n) is 2.30. The highest BCUT2D eigenvalue weighted by Gasteiger charge is 1.90. The van der Waals surface area contributed by atoms with E-state index in [4.69, 9.17) is 10.2 Å². The zero-order valence-electron chi connectivity index (χ0n) is 6.50.